The van der Waals surface area contributed by atoms with E-state index in [1.54, 1.807) is 6.08 Å². The molecule has 8 heteroatoms. The number of amides is 1. The fourth-order valence-electron chi connectivity index (χ4n) is 2.73. The second-order valence-corrected chi connectivity index (χ2v) is 6.14. The Morgan fingerprint density at radius 1 is 1.40 bits per heavy atom. The topological polar surface area (TPSA) is 106 Å². The molecule has 25 heavy (non-hydrogen) atoms. The summed E-state index contributed by atoms with van der Waals surface area (Å²) in [5.74, 6) is 0.365. The minimum atomic E-state index is -1.12. The number of fused-ring (bicyclic) bond motifs is 1. The molecule has 0 bridgehead atoms. The van der Waals surface area contributed by atoms with Gasteiger partial charge in [0.25, 0.3) is 0 Å². The van der Waals surface area contributed by atoms with Crippen LogP contribution in [0.2, 0.25) is 0 Å². The highest BCUT2D eigenvalue weighted by atomic mass is 79.9. The summed E-state index contributed by atoms with van der Waals surface area (Å²) in [7, 11) is 0. The van der Waals surface area contributed by atoms with Crippen LogP contribution in [0.25, 0.3) is 22.2 Å². The van der Waals surface area contributed by atoms with Gasteiger partial charge in [-0.25, -0.2) is 14.8 Å². The molecule has 0 radical (unpaired) electrons. The molecule has 0 aliphatic heterocycles. The molecule has 128 valence electrons. The summed E-state index contributed by atoms with van der Waals surface area (Å²) in [4.78, 5) is 19.4. The summed E-state index contributed by atoms with van der Waals surface area (Å²) in [6.45, 7) is 4.01. The fraction of sp³-hybridized carbons (Fsp3) is 0.118. The van der Waals surface area contributed by atoms with E-state index in [1.165, 1.54) is 6.33 Å². The average molecular weight is 402 g/mol. The van der Waals surface area contributed by atoms with Crippen molar-refractivity contribution in [3.63, 3.8) is 0 Å². The van der Waals surface area contributed by atoms with Crippen molar-refractivity contribution >= 4 is 38.9 Å². The quantitative estimate of drug-likeness (QED) is 0.568. The Morgan fingerprint density at radius 3 is 2.76 bits per heavy atom. The summed E-state index contributed by atoms with van der Waals surface area (Å²) >= 11 is 3.62. The first-order valence-electron chi connectivity index (χ1n) is 7.48. The minimum Gasteiger partial charge on any atom is -0.465 e. The van der Waals surface area contributed by atoms with Crippen LogP contribution in [0.4, 0.5) is 10.6 Å². The third kappa shape index (κ3) is 3.20. The van der Waals surface area contributed by atoms with Gasteiger partial charge in [0.1, 0.15) is 17.8 Å². The number of nitrogens with one attached hydrogen (secondary N) is 1. The highest BCUT2D eigenvalue weighted by Gasteiger charge is 2.22. The number of nitrogen functional groups attached to an aromatic ring is 1. The number of rotatable bonds is 5. The molecule has 0 fully saturated rings. The lowest BCUT2D eigenvalue weighted by molar-refractivity contribution is 0.191. The van der Waals surface area contributed by atoms with E-state index in [1.807, 2.05) is 34.9 Å². The van der Waals surface area contributed by atoms with Crippen LogP contribution < -0.4 is 11.1 Å². The lowest BCUT2D eigenvalue weighted by Gasteiger charge is -2.15. The van der Waals surface area contributed by atoms with Crippen molar-refractivity contribution in [2.45, 2.75) is 12.6 Å². The Labute approximate surface area is 152 Å². The van der Waals surface area contributed by atoms with Gasteiger partial charge in [0.05, 0.1) is 16.0 Å². The lowest BCUT2D eigenvalue weighted by Crippen LogP contribution is -2.35. The summed E-state index contributed by atoms with van der Waals surface area (Å²) in [5.41, 5.74) is 8.55. The average Bonchev–Trinajstić information content (AvgIpc) is 2.88. The normalized spacial score (nSPS) is 12.0. The molecule has 0 aliphatic carbocycles. The summed E-state index contributed by atoms with van der Waals surface area (Å²) in [6, 6.07) is 9.26. The Kier molecular flexibility index (Phi) is 4.71. The molecule has 3 aromatic rings. The number of benzene rings is 1. The molecule has 0 spiro atoms. The van der Waals surface area contributed by atoms with Gasteiger partial charge < -0.3 is 20.7 Å². The van der Waals surface area contributed by atoms with Gasteiger partial charge in [-0.3, -0.25) is 0 Å². The van der Waals surface area contributed by atoms with Crippen molar-refractivity contribution in [2.24, 2.45) is 0 Å². The number of carboxylic acid groups (broad SMARTS) is 1. The van der Waals surface area contributed by atoms with E-state index in [0.29, 0.717) is 18.0 Å². The molecule has 1 unspecified atom stereocenters. The Hall–Kier alpha value is -2.87. The number of nitrogens with zero attached hydrogens (tertiary/aromatic N) is 3. The summed E-state index contributed by atoms with van der Waals surface area (Å²) in [5, 5.41) is 12.1. The summed E-state index contributed by atoms with van der Waals surface area (Å²) in [6.07, 6.45) is 1.82. The van der Waals surface area contributed by atoms with Gasteiger partial charge in [0.2, 0.25) is 0 Å². The molecule has 2 aromatic heterocycles. The maximum atomic E-state index is 11.0. The fourth-order valence-corrected chi connectivity index (χ4v) is 3.47. The van der Waals surface area contributed by atoms with Gasteiger partial charge in [-0.15, -0.1) is 6.58 Å². The van der Waals surface area contributed by atoms with E-state index in [4.69, 9.17) is 10.8 Å². The predicted octanol–water partition coefficient (Wildman–Crippen LogP) is 3.27. The first kappa shape index (κ1) is 17.0. The second kappa shape index (κ2) is 6.94. The number of hydrogen-bond acceptors (Lipinski definition) is 4. The van der Waals surface area contributed by atoms with Crippen LogP contribution in [0.5, 0.6) is 0 Å². The molecule has 2 heterocycles. The third-order valence-corrected chi connectivity index (χ3v) is 4.67. The van der Waals surface area contributed by atoms with E-state index >= 15 is 0 Å². The van der Waals surface area contributed by atoms with Crippen LogP contribution >= 0.6 is 15.9 Å². The predicted molar refractivity (Wildman–Crippen MR) is 100 cm³/mol. The van der Waals surface area contributed by atoms with Crippen LogP contribution in [0.15, 0.2) is 53.9 Å². The Bertz CT molecular complexity index is 939. The molecule has 3 rings (SSSR count). The SMILES string of the molecule is C=CC(Cn1c(Br)c(-c2ccccc2)c2c(N)ncnc21)NC(=O)O. The number of carbonyl (C=O) groups is 1. The minimum absolute atomic E-state index is 0.316. The maximum absolute atomic E-state index is 11.0. The molecule has 0 aliphatic rings. The number of hydrogen-bond donors (Lipinski definition) is 3. The third-order valence-electron chi connectivity index (χ3n) is 3.84. The van der Waals surface area contributed by atoms with Gasteiger partial charge in [0.15, 0.2) is 0 Å². The number of nitrogens with two attached hydrogens (primary N) is 1. The van der Waals surface area contributed by atoms with Crippen LogP contribution in [0.1, 0.15) is 0 Å². The smallest absolute Gasteiger partial charge is 0.405 e. The molecule has 1 amide bonds. The van der Waals surface area contributed by atoms with Gasteiger partial charge in [-0.1, -0.05) is 36.4 Å². The number of halogens is 1. The van der Waals surface area contributed by atoms with E-state index in [9.17, 15) is 4.79 Å². The lowest BCUT2D eigenvalue weighted by atomic mass is 10.1. The first-order chi connectivity index (χ1) is 12.0. The first-order valence-corrected chi connectivity index (χ1v) is 8.27. The van der Waals surface area contributed by atoms with Crippen molar-refractivity contribution in [1.29, 1.82) is 0 Å². The monoisotopic (exact) mass is 401 g/mol. The molecule has 1 atom stereocenters. The van der Waals surface area contributed by atoms with E-state index in [-0.39, 0.29) is 0 Å². The number of aromatic nitrogens is 3. The zero-order chi connectivity index (χ0) is 18.0. The van der Waals surface area contributed by atoms with Gasteiger partial charge >= 0.3 is 6.09 Å². The zero-order valence-corrected chi connectivity index (χ0v) is 14.8. The van der Waals surface area contributed by atoms with Crippen molar-refractivity contribution in [3.8, 4) is 11.1 Å². The number of anilines is 1. The van der Waals surface area contributed by atoms with E-state index in [0.717, 1.165) is 21.1 Å². The molecule has 0 saturated heterocycles. The van der Waals surface area contributed by atoms with Crippen molar-refractivity contribution in [1.82, 2.24) is 19.9 Å². The van der Waals surface area contributed by atoms with Crippen LogP contribution in [0.3, 0.4) is 0 Å². The van der Waals surface area contributed by atoms with Gasteiger partial charge in [0, 0.05) is 12.1 Å². The Balaban J connectivity index is 2.20. The van der Waals surface area contributed by atoms with Gasteiger partial charge in [-0.05, 0) is 21.5 Å². The highest BCUT2D eigenvalue weighted by Crippen LogP contribution is 2.39. The largest absolute Gasteiger partial charge is 0.465 e. The molecule has 0 saturated carbocycles. The molecule has 1 aromatic carbocycles. The molecular weight excluding hydrogens is 386 g/mol. The van der Waals surface area contributed by atoms with Crippen LogP contribution in [-0.4, -0.2) is 31.8 Å². The highest BCUT2D eigenvalue weighted by molar-refractivity contribution is 9.10. The molecular formula is C17H16BrN5O2. The van der Waals surface area contributed by atoms with E-state index in [2.05, 4.69) is 37.8 Å². The maximum Gasteiger partial charge on any atom is 0.405 e. The van der Waals surface area contributed by atoms with Crippen LogP contribution in [0, 0.1) is 0 Å². The van der Waals surface area contributed by atoms with Gasteiger partial charge in [-0.2, -0.15) is 0 Å². The second-order valence-electron chi connectivity index (χ2n) is 5.39. The standard InChI is InChI=1S/C17H16BrN5O2/c1-2-11(22-17(24)25)8-23-14(18)12(10-6-4-3-5-7-10)13-15(19)20-9-21-16(13)23/h2-7,9,11,22H,1,8H2,(H,24,25)(H2,19,20,21). The van der Waals surface area contributed by atoms with Crippen LogP contribution in [-0.2, 0) is 6.54 Å². The summed E-state index contributed by atoms with van der Waals surface area (Å²) < 4.78 is 2.61. The van der Waals surface area contributed by atoms with Crippen molar-refractivity contribution in [2.75, 3.05) is 5.73 Å². The zero-order valence-electron chi connectivity index (χ0n) is 13.2. The van der Waals surface area contributed by atoms with Crippen molar-refractivity contribution < 1.29 is 9.90 Å². The molecule has 7 nitrogen and oxygen atoms in total. The molecule has 4 N–H and O–H groups in total. The van der Waals surface area contributed by atoms with Crippen molar-refractivity contribution in [3.05, 3.63) is 53.9 Å². The van der Waals surface area contributed by atoms with E-state index < -0.39 is 12.1 Å². The Morgan fingerprint density at radius 2 is 2.12 bits per heavy atom.